The zero-order valence-corrected chi connectivity index (χ0v) is 23.6. The molecule has 0 aliphatic carbocycles. The van der Waals surface area contributed by atoms with E-state index < -0.39 is 12.1 Å². The van der Waals surface area contributed by atoms with Gasteiger partial charge in [-0.2, -0.15) is 0 Å². The van der Waals surface area contributed by atoms with Crippen LogP contribution in [0.4, 0.5) is 0 Å². The van der Waals surface area contributed by atoms with E-state index in [-0.39, 0.29) is 30.4 Å². The van der Waals surface area contributed by atoms with Crippen LogP contribution in [-0.2, 0) is 32.0 Å². The van der Waals surface area contributed by atoms with Gasteiger partial charge in [0.2, 0.25) is 17.7 Å². The van der Waals surface area contributed by atoms with Crippen molar-refractivity contribution in [2.24, 2.45) is 0 Å². The maximum atomic E-state index is 14.1. The summed E-state index contributed by atoms with van der Waals surface area (Å²) in [5.74, 6) is -0.832. The molecule has 0 radical (unpaired) electrons. The Bertz CT molecular complexity index is 1290. The molecule has 3 aromatic rings. The molecule has 1 saturated heterocycles. The van der Waals surface area contributed by atoms with E-state index >= 15 is 0 Å². The summed E-state index contributed by atoms with van der Waals surface area (Å²) in [7, 11) is 4.85. The third-order valence-corrected chi connectivity index (χ3v) is 7.73. The van der Waals surface area contributed by atoms with Gasteiger partial charge in [0.25, 0.3) is 0 Å². The van der Waals surface area contributed by atoms with Crippen LogP contribution in [0.3, 0.4) is 0 Å². The second-order valence-corrected chi connectivity index (χ2v) is 10.5. The lowest BCUT2D eigenvalue weighted by molar-refractivity contribution is -0.149. The minimum Gasteiger partial charge on any atom is -0.370 e. The highest BCUT2D eigenvalue weighted by molar-refractivity contribution is 5.92. The number of nitrogens with zero attached hydrogens (tertiary/aromatic N) is 2. The molecule has 2 N–H and O–H groups in total. The van der Waals surface area contributed by atoms with Gasteiger partial charge in [-0.25, -0.2) is 0 Å². The molecule has 0 spiro atoms. The molecule has 3 atom stereocenters. The number of ether oxygens (including phenoxy) is 1. The van der Waals surface area contributed by atoms with Gasteiger partial charge in [0.15, 0.2) is 0 Å². The Morgan fingerprint density at radius 1 is 0.900 bits per heavy atom. The van der Waals surface area contributed by atoms with Crippen molar-refractivity contribution in [2.75, 3.05) is 40.9 Å². The van der Waals surface area contributed by atoms with Gasteiger partial charge < -0.3 is 25.2 Å². The summed E-state index contributed by atoms with van der Waals surface area (Å²) in [6.07, 6.45) is 2.80. The minimum absolute atomic E-state index is 0.108. The maximum Gasteiger partial charge on any atom is 0.249 e. The molecule has 0 aromatic heterocycles. The van der Waals surface area contributed by atoms with Crippen LogP contribution in [0, 0.1) is 0 Å². The number of benzene rings is 3. The number of amides is 3. The van der Waals surface area contributed by atoms with Gasteiger partial charge >= 0.3 is 0 Å². The highest BCUT2D eigenvalue weighted by Gasteiger charge is 2.35. The number of fused-ring (bicyclic) bond motifs is 1. The predicted molar refractivity (Wildman–Crippen MR) is 157 cm³/mol. The third-order valence-electron chi connectivity index (χ3n) is 7.73. The van der Waals surface area contributed by atoms with E-state index in [0.717, 1.165) is 41.3 Å². The number of hydrogen-bond donors (Lipinski definition) is 2. The molecular formula is C32H40N4O4. The molecule has 40 heavy (non-hydrogen) atoms. The second-order valence-electron chi connectivity index (χ2n) is 10.5. The summed E-state index contributed by atoms with van der Waals surface area (Å²) >= 11 is 0. The molecule has 8 heteroatoms. The summed E-state index contributed by atoms with van der Waals surface area (Å²) in [5, 5.41) is 8.23. The summed E-state index contributed by atoms with van der Waals surface area (Å²) in [6.45, 7) is 1.31. The van der Waals surface area contributed by atoms with Crippen LogP contribution in [0.2, 0.25) is 0 Å². The average molecular weight is 545 g/mol. The van der Waals surface area contributed by atoms with Crippen molar-refractivity contribution in [1.29, 1.82) is 0 Å². The van der Waals surface area contributed by atoms with Crippen LogP contribution in [0.1, 0.15) is 24.0 Å². The minimum atomic E-state index is -0.810. The van der Waals surface area contributed by atoms with Gasteiger partial charge in [0, 0.05) is 40.0 Å². The highest BCUT2D eigenvalue weighted by atomic mass is 16.5. The van der Waals surface area contributed by atoms with Crippen LogP contribution >= 0.6 is 0 Å². The van der Waals surface area contributed by atoms with E-state index in [1.807, 2.05) is 66.7 Å². The van der Waals surface area contributed by atoms with Crippen LogP contribution in [0.5, 0.6) is 0 Å². The molecule has 3 aromatic carbocycles. The van der Waals surface area contributed by atoms with Crippen molar-refractivity contribution < 1.29 is 19.1 Å². The normalized spacial score (nSPS) is 16.3. The molecule has 1 fully saturated rings. The van der Waals surface area contributed by atoms with E-state index in [2.05, 4.69) is 16.7 Å². The van der Waals surface area contributed by atoms with Crippen LogP contribution < -0.4 is 10.6 Å². The average Bonchev–Trinajstić information content (AvgIpc) is 3.51. The standard InChI is InChI=1S/C32H40N4O4/c1-33-31(38)28(19-23-10-5-4-6-11-23)36(3)32(39)29(20-24-15-16-25-12-7-8-13-26(25)18-24)35(2)30(37)22-40-21-27-14-9-17-34-27/h4-8,10-13,15-16,18,27-29,34H,9,14,17,19-22H2,1-3H3,(H,33,38)/t27-,28+,29-/m0/s1. The monoisotopic (exact) mass is 544 g/mol. The SMILES string of the molecule is CNC(=O)[C@@H](Cc1ccccc1)N(C)C(=O)[C@H](Cc1ccc2ccccc2c1)N(C)C(=O)COC[C@@H]1CCCN1. The largest absolute Gasteiger partial charge is 0.370 e. The first-order valence-electron chi connectivity index (χ1n) is 13.9. The van der Waals surface area contributed by atoms with Gasteiger partial charge in [0.05, 0.1) is 6.61 Å². The molecule has 3 amide bonds. The topological polar surface area (TPSA) is 91.0 Å². The second kappa shape index (κ2) is 14.1. The van der Waals surface area contributed by atoms with Crippen molar-refractivity contribution in [3.63, 3.8) is 0 Å². The van der Waals surface area contributed by atoms with Crippen LogP contribution in [0.15, 0.2) is 72.8 Å². The number of likely N-dealkylation sites (N-methyl/N-ethyl adjacent to an activating group) is 3. The van der Waals surface area contributed by atoms with E-state index in [0.29, 0.717) is 19.4 Å². The fraction of sp³-hybridized carbons (Fsp3) is 0.406. The Kier molecular flexibility index (Phi) is 10.3. The van der Waals surface area contributed by atoms with Gasteiger partial charge in [0.1, 0.15) is 18.7 Å². The van der Waals surface area contributed by atoms with Crippen LogP contribution in [-0.4, -0.2) is 86.5 Å². The zero-order chi connectivity index (χ0) is 28.5. The Hall–Kier alpha value is -3.75. The number of nitrogens with one attached hydrogen (secondary N) is 2. The summed E-state index contributed by atoms with van der Waals surface area (Å²) in [5.41, 5.74) is 1.88. The first kappa shape index (κ1) is 29.2. The van der Waals surface area contributed by atoms with Crippen molar-refractivity contribution in [3.05, 3.63) is 83.9 Å². The van der Waals surface area contributed by atoms with Gasteiger partial charge in [-0.3, -0.25) is 14.4 Å². The molecular weight excluding hydrogens is 504 g/mol. The Labute approximate surface area is 236 Å². The Morgan fingerprint density at radius 2 is 1.60 bits per heavy atom. The fourth-order valence-electron chi connectivity index (χ4n) is 5.24. The van der Waals surface area contributed by atoms with Gasteiger partial charge in [-0.05, 0) is 41.3 Å². The molecule has 212 valence electrons. The molecule has 8 nitrogen and oxygen atoms in total. The zero-order valence-electron chi connectivity index (χ0n) is 23.6. The fourth-order valence-corrected chi connectivity index (χ4v) is 5.24. The lowest BCUT2D eigenvalue weighted by Gasteiger charge is -2.34. The molecule has 0 unspecified atom stereocenters. The molecule has 1 heterocycles. The quantitative estimate of drug-likeness (QED) is 0.366. The van der Waals surface area contributed by atoms with Gasteiger partial charge in [-0.15, -0.1) is 0 Å². The number of hydrogen-bond acceptors (Lipinski definition) is 5. The predicted octanol–water partition coefficient (Wildman–Crippen LogP) is 2.79. The van der Waals surface area contributed by atoms with E-state index in [4.69, 9.17) is 4.74 Å². The summed E-state index contributed by atoms with van der Waals surface area (Å²) in [4.78, 5) is 43.3. The summed E-state index contributed by atoms with van der Waals surface area (Å²) in [6, 6.07) is 22.4. The first-order valence-corrected chi connectivity index (χ1v) is 13.9. The molecule has 0 saturated carbocycles. The van der Waals surface area contributed by atoms with E-state index in [1.165, 1.54) is 9.80 Å². The smallest absolute Gasteiger partial charge is 0.249 e. The van der Waals surface area contributed by atoms with Crippen molar-refractivity contribution >= 4 is 28.5 Å². The molecule has 1 aliphatic rings. The molecule has 0 bridgehead atoms. The molecule has 1 aliphatic heterocycles. The van der Waals surface area contributed by atoms with E-state index in [9.17, 15) is 14.4 Å². The van der Waals surface area contributed by atoms with Crippen molar-refractivity contribution in [3.8, 4) is 0 Å². The maximum absolute atomic E-state index is 14.1. The molecule has 4 rings (SSSR count). The lowest BCUT2D eigenvalue weighted by atomic mass is 9.98. The summed E-state index contributed by atoms with van der Waals surface area (Å²) < 4.78 is 5.74. The van der Waals surface area contributed by atoms with Crippen LogP contribution in [0.25, 0.3) is 10.8 Å². The van der Waals surface area contributed by atoms with E-state index in [1.54, 1.807) is 21.1 Å². The number of carbonyl (C=O) groups excluding carboxylic acids is 3. The Morgan fingerprint density at radius 3 is 2.30 bits per heavy atom. The lowest BCUT2D eigenvalue weighted by Crippen LogP contribution is -2.56. The van der Waals surface area contributed by atoms with Crippen molar-refractivity contribution in [2.45, 2.75) is 43.8 Å². The Balaban J connectivity index is 1.56. The first-order chi connectivity index (χ1) is 19.4. The third kappa shape index (κ3) is 7.46. The van der Waals surface area contributed by atoms with Crippen molar-refractivity contribution in [1.82, 2.24) is 20.4 Å². The number of carbonyl (C=O) groups is 3. The highest BCUT2D eigenvalue weighted by Crippen LogP contribution is 2.20. The number of rotatable bonds is 12. The van der Waals surface area contributed by atoms with Gasteiger partial charge in [-0.1, -0.05) is 72.8 Å².